The van der Waals surface area contributed by atoms with Crippen molar-refractivity contribution in [2.75, 3.05) is 13.2 Å². The molecular formula is C26H21BrO3. The van der Waals surface area contributed by atoms with Crippen LogP contribution in [0.5, 0.6) is 0 Å². The largest absolute Gasteiger partial charge is 0.363 e. The molecule has 0 amide bonds. The van der Waals surface area contributed by atoms with Gasteiger partial charge < -0.3 is 14.3 Å². The monoisotopic (exact) mass is 460 g/mol. The molecule has 2 atom stereocenters. The minimum absolute atomic E-state index is 0.469. The van der Waals surface area contributed by atoms with Crippen LogP contribution in [0.25, 0.3) is 6.08 Å². The van der Waals surface area contributed by atoms with E-state index in [1.807, 2.05) is 97.1 Å². The number of rotatable bonds is 7. The molecule has 2 saturated heterocycles. The fourth-order valence-corrected chi connectivity index (χ4v) is 4.93. The van der Waals surface area contributed by atoms with Gasteiger partial charge in [0.05, 0.1) is 13.2 Å². The van der Waals surface area contributed by atoms with Crippen molar-refractivity contribution in [1.82, 2.24) is 0 Å². The number of hydrogen-bond donors (Lipinski definition) is 0. The van der Waals surface area contributed by atoms with Gasteiger partial charge in [-0.15, -0.1) is 0 Å². The summed E-state index contributed by atoms with van der Waals surface area (Å²) in [6.07, 6.45) is 5.02. The van der Waals surface area contributed by atoms with E-state index in [0.717, 1.165) is 27.4 Å². The number of halogens is 1. The average Bonchev–Trinajstić information content (AvgIpc) is 3.71. The van der Waals surface area contributed by atoms with Crippen molar-refractivity contribution in [2.24, 2.45) is 5.41 Å². The lowest BCUT2D eigenvalue weighted by molar-refractivity contribution is -0.121. The Labute approximate surface area is 184 Å². The summed E-state index contributed by atoms with van der Waals surface area (Å²) in [5, 5.41) is 0. The van der Waals surface area contributed by atoms with Gasteiger partial charge in [0.1, 0.15) is 22.9 Å². The SMILES string of the molecule is O=CC(/C=C/c1cccc(Br)c1)(C1(c2ccccc2)CO1)C1(c2ccccc2)CO1. The first-order valence-electron chi connectivity index (χ1n) is 9.96. The van der Waals surface area contributed by atoms with E-state index in [4.69, 9.17) is 9.47 Å². The summed E-state index contributed by atoms with van der Waals surface area (Å²) in [7, 11) is 0. The zero-order valence-electron chi connectivity index (χ0n) is 16.3. The molecule has 2 aliphatic heterocycles. The van der Waals surface area contributed by atoms with Gasteiger partial charge in [0.2, 0.25) is 0 Å². The molecule has 2 aliphatic rings. The van der Waals surface area contributed by atoms with Crippen LogP contribution in [0.15, 0.2) is 95.5 Å². The Morgan fingerprint density at radius 1 is 0.800 bits per heavy atom. The molecule has 3 aromatic rings. The van der Waals surface area contributed by atoms with Crippen LogP contribution in [0, 0.1) is 5.41 Å². The van der Waals surface area contributed by atoms with Gasteiger partial charge in [-0.2, -0.15) is 0 Å². The number of aldehydes is 1. The van der Waals surface area contributed by atoms with E-state index in [9.17, 15) is 4.79 Å². The van der Waals surface area contributed by atoms with Crippen LogP contribution >= 0.6 is 15.9 Å². The van der Waals surface area contributed by atoms with Gasteiger partial charge >= 0.3 is 0 Å². The Morgan fingerprint density at radius 3 is 1.77 bits per heavy atom. The van der Waals surface area contributed by atoms with Gasteiger partial charge in [-0.1, -0.05) is 101 Å². The molecule has 2 fully saturated rings. The van der Waals surface area contributed by atoms with Crippen LogP contribution in [-0.2, 0) is 25.5 Å². The van der Waals surface area contributed by atoms with E-state index in [1.54, 1.807) is 0 Å². The number of carbonyl (C=O) groups excluding carboxylic acids is 1. The lowest BCUT2D eigenvalue weighted by Crippen LogP contribution is -2.47. The lowest BCUT2D eigenvalue weighted by atomic mass is 9.62. The Hall–Kier alpha value is -2.53. The standard InChI is InChI=1S/C26H21BrO3/c27-23-13-7-8-20(16-23)14-15-24(17-28,25(18-29-25)21-9-3-1-4-10-21)26(19-30-26)22-11-5-2-6-12-22/h1-17H,18-19H2/b15-14+. The molecule has 0 N–H and O–H groups in total. The highest BCUT2D eigenvalue weighted by Gasteiger charge is 2.75. The smallest absolute Gasteiger partial charge is 0.136 e. The third kappa shape index (κ3) is 2.90. The molecular weight excluding hydrogens is 440 g/mol. The topological polar surface area (TPSA) is 42.1 Å². The highest BCUT2D eigenvalue weighted by molar-refractivity contribution is 9.10. The van der Waals surface area contributed by atoms with Crippen LogP contribution < -0.4 is 0 Å². The predicted octanol–water partition coefficient (Wildman–Crippen LogP) is 5.50. The molecule has 5 rings (SSSR count). The van der Waals surface area contributed by atoms with Crippen molar-refractivity contribution in [1.29, 1.82) is 0 Å². The van der Waals surface area contributed by atoms with E-state index in [1.165, 1.54) is 0 Å². The van der Waals surface area contributed by atoms with Gasteiger partial charge in [-0.3, -0.25) is 0 Å². The summed E-state index contributed by atoms with van der Waals surface area (Å²) in [5.74, 6) is 0. The van der Waals surface area contributed by atoms with Gasteiger partial charge in [0.25, 0.3) is 0 Å². The van der Waals surface area contributed by atoms with Crippen molar-refractivity contribution in [3.8, 4) is 0 Å². The second-order valence-corrected chi connectivity index (χ2v) is 8.75. The molecule has 0 radical (unpaired) electrons. The van der Waals surface area contributed by atoms with Crippen LogP contribution in [0.3, 0.4) is 0 Å². The fraction of sp³-hybridized carbons (Fsp3) is 0.192. The normalized spacial score (nSPS) is 26.8. The molecule has 150 valence electrons. The summed E-state index contributed by atoms with van der Waals surface area (Å²) in [5.41, 5.74) is 0.452. The van der Waals surface area contributed by atoms with Crippen LogP contribution in [0.1, 0.15) is 16.7 Å². The molecule has 2 unspecified atom stereocenters. The van der Waals surface area contributed by atoms with Gasteiger partial charge in [0, 0.05) is 4.47 Å². The third-order valence-electron chi connectivity index (χ3n) is 6.26. The van der Waals surface area contributed by atoms with E-state index >= 15 is 0 Å². The van der Waals surface area contributed by atoms with Crippen LogP contribution in [0.2, 0.25) is 0 Å². The molecule has 0 saturated carbocycles. The molecule has 3 nitrogen and oxygen atoms in total. The number of epoxide rings is 2. The van der Waals surface area contributed by atoms with E-state index < -0.39 is 16.6 Å². The second-order valence-electron chi connectivity index (χ2n) is 7.84. The molecule has 4 heteroatoms. The summed E-state index contributed by atoms with van der Waals surface area (Å²) in [6.45, 7) is 0.938. The lowest BCUT2D eigenvalue weighted by Gasteiger charge is -2.37. The molecule has 2 heterocycles. The first-order valence-corrected chi connectivity index (χ1v) is 10.8. The molecule has 0 spiro atoms. The summed E-state index contributed by atoms with van der Waals surface area (Å²) >= 11 is 3.52. The van der Waals surface area contributed by atoms with Crippen molar-refractivity contribution >= 4 is 28.3 Å². The Kier molecular flexibility index (Phi) is 4.73. The average molecular weight is 461 g/mol. The predicted molar refractivity (Wildman–Crippen MR) is 120 cm³/mol. The number of ether oxygens (including phenoxy) is 2. The van der Waals surface area contributed by atoms with Gasteiger partial charge in [0.15, 0.2) is 0 Å². The highest BCUT2D eigenvalue weighted by atomic mass is 79.9. The maximum absolute atomic E-state index is 13.0. The molecule has 0 aromatic heterocycles. The van der Waals surface area contributed by atoms with Crippen molar-refractivity contribution in [2.45, 2.75) is 11.2 Å². The first kappa shape index (κ1) is 19.4. The van der Waals surface area contributed by atoms with E-state index in [0.29, 0.717) is 13.2 Å². The second kappa shape index (κ2) is 7.31. The zero-order valence-corrected chi connectivity index (χ0v) is 17.9. The summed E-state index contributed by atoms with van der Waals surface area (Å²) < 4.78 is 13.2. The molecule has 0 aliphatic carbocycles. The highest BCUT2D eigenvalue weighted by Crippen LogP contribution is 2.66. The van der Waals surface area contributed by atoms with Crippen molar-refractivity contribution in [3.63, 3.8) is 0 Å². The Morgan fingerprint density at radius 2 is 1.33 bits per heavy atom. The quantitative estimate of drug-likeness (QED) is 0.345. The first-order chi connectivity index (χ1) is 14.7. The maximum Gasteiger partial charge on any atom is 0.136 e. The summed E-state index contributed by atoms with van der Waals surface area (Å²) in [6, 6.07) is 28.0. The minimum atomic E-state index is -1.01. The van der Waals surface area contributed by atoms with Crippen LogP contribution in [0.4, 0.5) is 0 Å². The number of hydrogen-bond acceptors (Lipinski definition) is 3. The zero-order chi connectivity index (χ0) is 20.7. The maximum atomic E-state index is 13.0. The van der Waals surface area contributed by atoms with E-state index in [2.05, 4.69) is 15.9 Å². The van der Waals surface area contributed by atoms with Crippen molar-refractivity contribution in [3.05, 3.63) is 112 Å². The Balaban J connectivity index is 1.69. The third-order valence-corrected chi connectivity index (χ3v) is 6.75. The molecule has 30 heavy (non-hydrogen) atoms. The molecule has 3 aromatic carbocycles. The number of benzene rings is 3. The van der Waals surface area contributed by atoms with Crippen molar-refractivity contribution < 1.29 is 14.3 Å². The Bertz CT molecular complexity index is 1030. The molecule has 0 bridgehead atoms. The van der Waals surface area contributed by atoms with Gasteiger partial charge in [-0.25, -0.2) is 0 Å². The summed E-state index contributed by atoms with van der Waals surface area (Å²) in [4.78, 5) is 13.0. The number of carbonyl (C=O) groups is 1. The van der Waals surface area contributed by atoms with Crippen LogP contribution in [-0.4, -0.2) is 19.5 Å². The van der Waals surface area contributed by atoms with Gasteiger partial charge in [-0.05, 0) is 28.8 Å². The van der Waals surface area contributed by atoms with E-state index in [-0.39, 0.29) is 0 Å². The fourth-order valence-electron chi connectivity index (χ4n) is 4.51. The minimum Gasteiger partial charge on any atom is -0.363 e.